The van der Waals surface area contributed by atoms with E-state index in [0.717, 1.165) is 44.2 Å². The zero-order valence-electron chi connectivity index (χ0n) is 9.12. The quantitative estimate of drug-likeness (QED) is 0.715. The second kappa shape index (κ2) is 5.23. The molecule has 1 fully saturated rings. The summed E-state index contributed by atoms with van der Waals surface area (Å²) in [5, 5.41) is 10.3. The Bertz CT molecular complexity index is 293. The Morgan fingerprint density at radius 3 is 3.27 bits per heavy atom. The Morgan fingerprint density at radius 1 is 1.60 bits per heavy atom. The van der Waals surface area contributed by atoms with Gasteiger partial charge in [0, 0.05) is 19.4 Å². The fourth-order valence-electron chi connectivity index (χ4n) is 1.85. The lowest BCUT2D eigenvalue weighted by atomic mass is 10.1. The molecule has 0 spiro atoms. The lowest BCUT2D eigenvalue weighted by Crippen LogP contribution is -2.12. The molecular formula is C10H18N4O. The summed E-state index contributed by atoms with van der Waals surface area (Å²) >= 11 is 0. The molecule has 1 aromatic heterocycles. The van der Waals surface area contributed by atoms with Crippen LogP contribution < -0.4 is 10.6 Å². The zero-order chi connectivity index (χ0) is 10.5. The van der Waals surface area contributed by atoms with Crippen molar-refractivity contribution in [2.75, 3.05) is 26.7 Å². The van der Waals surface area contributed by atoms with Crippen LogP contribution in [0.4, 0.5) is 0 Å². The van der Waals surface area contributed by atoms with Crippen LogP contribution in [-0.4, -0.2) is 36.8 Å². The Hall–Kier alpha value is -0.940. The highest BCUT2D eigenvalue weighted by Gasteiger charge is 2.18. The molecule has 5 heteroatoms. The maximum Gasteiger partial charge on any atom is 0.226 e. The van der Waals surface area contributed by atoms with E-state index in [1.165, 1.54) is 6.42 Å². The number of aromatic nitrogens is 2. The maximum atomic E-state index is 5.21. The predicted octanol–water partition coefficient (Wildman–Crippen LogP) is -0.0165. The average molecular weight is 210 g/mol. The molecule has 5 nitrogen and oxygen atoms in total. The van der Waals surface area contributed by atoms with Crippen LogP contribution in [0.3, 0.4) is 0 Å². The van der Waals surface area contributed by atoms with Crippen molar-refractivity contribution < 1.29 is 4.52 Å². The number of likely N-dealkylation sites (N-methyl/N-ethyl adjacent to an activating group) is 1. The van der Waals surface area contributed by atoms with Gasteiger partial charge in [0.15, 0.2) is 5.82 Å². The first-order chi connectivity index (χ1) is 7.38. The molecule has 0 aromatic carbocycles. The van der Waals surface area contributed by atoms with Crippen LogP contribution in [0.15, 0.2) is 4.52 Å². The normalized spacial score (nSPS) is 21.0. The van der Waals surface area contributed by atoms with Crippen LogP contribution in [0.2, 0.25) is 0 Å². The van der Waals surface area contributed by atoms with E-state index < -0.39 is 0 Å². The second-order valence-electron chi connectivity index (χ2n) is 4.02. The molecule has 0 amide bonds. The fourth-order valence-corrected chi connectivity index (χ4v) is 1.85. The van der Waals surface area contributed by atoms with Gasteiger partial charge >= 0.3 is 0 Å². The molecule has 1 aromatic rings. The molecule has 0 bridgehead atoms. The third-order valence-corrected chi connectivity index (χ3v) is 2.73. The van der Waals surface area contributed by atoms with Gasteiger partial charge in [0.1, 0.15) is 0 Å². The summed E-state index contributed by atoms with van der Waals surface area (Å²) < 4.78 is 5.21. The average Bonchev–Trinajstić information content (AvgIpc) is 2.87. The van der Waals surface area contributed by atoms with Crippen LogP contribution in [-0.2, 0) is 12.8 Å². The largest absolute Gasteiger partial charge is 0.339 e. The molecule has 0 radical (unpaired) electrons. The van der Waals surface area contributed by atoms with Crippen molar-refractivity contribution in [3.8, 4) is 0 Å². The second-order valence-corrected chi connectivity index (χ2v) is 4.02. The molecule has 0 aliphatic carbocycles. The van der Waals surface area contributed by atoms with Gasteiger partial charge in [-0.3, -0.25) is 0 Å². The van der Waals surface area contributed by atoms with Crippen LogP contribution in [0.25, 0.3) is 0 Å². The van der Waals surface area contributed by atoms with Gasteiger partial charge in [-0.05, 0) is 32.5 Å². The van der Waals surface area contributed by atoms with E-state index in [-0.39, 0.29) is 0 Å². The van der Waals surface area contributed by atoms with Gasteiger partial charge in [0.25, 0.3) is 0 Å². The minimum atomic E-state index is 0.669. The van der Waals surface area contributed by atoms with Crippen molar-refractivity contribution in [1.29, 1.82) is 0 Å². The molecule has 1 atom stereocenters. The topological polar surface area (TPSA) is 63.0 Å². The van der Waals surface area contributed by atoms with Crippen LogP contribution >= 0.6 is 0 Å². The smallest absolute Gasteiger partial charge is 0.226 e. The summed E-state index contributed by atoms with van der Waals surface area (Å²) in [5.74, 6) is 2.27. The number of hydrogen-bond acceptors (Lipinski definition) is 5. The van der Waals surface area contributed by atoms with Crippen molar-refractivity contribution in [3.05, 3.63) is 11.7 Å². The van der Waals surface area contributed by atoms with Gasteiger partial charge < -0.3 is 15.2 Å². The molecule has 15 heavy (non-hydrogen) atoms. The Balaban J connectivity index is 1.83. The molecule has 1 aliphatic rings. The van der Waals surface area contributed by atoms with Crippen molar-refractivity contribution in [1.82, 2.24) is 20.8 Å². The first-order valence-corrected chi connectivity index (χ1v) is 5.55. The first kappa shape index (κ1) is 10.6. The van der Waals surface area contributed by atoms with Crippen molar-refractivity contribution >= 4 is 0 Å². The van der Waals surface area contributed by atoms with E-state index in [1.807, 2.05) is 7.05 Å². The number of nitrogens with one attached hydrogen (secondary N) is 2. The molecule has 2 N–H and O–H groups in total. The SMILES string of the molecule is CNCCc1noc(CC2CCNC2)n1. The molecule has 1 unspecified atom stereocenters. The monoisotopic (exact) mass is 210 g/mol. The number of rotatable bonds is 5. The summed E-state index contributed by atoms with van der Waals surface area (Å²) in [5.41, 5.74) is 0. The van der Waals surface area contributed by atoms with Gasteiger partial charge in [0.2, 0.25) is 5.89 Å². The summed E-state index contributed by atoms with van der Waals surface area (Å²) in [6.07, 6.45) is 2.97. The molecule has 1 aliphatic heterocycles. The van der Waals surface area contributed by atoms with Gasteiger partial charge in [-0.2, -0.15) is 4.98 Å². The maximum absolute atomic E-state index is 5.21. The van der Waals surface area contributed by atoms with E-state index in [4.69, 9.17) is 4.52 Å². The van der Waals surface area contributed by atoms with Crippen LogP contribution in [0.5, 0.6) is 0 Å². The zero-order valence-corrected chi connectivity index (χ0v) is 9.12. The standard InChI is InChI=1S/C10H18N4O/c1-11-4-3-9-13-10(15-14-9)6-8-2-5-12-7-8/h8,11-12H,2-7H2,1H3. The summed E-state index contributed by atoms with van der Waals surface area (Å²) in [6.45, 7) is 3.09. The summed E-state index contributed by atoms with van der Waals surface area (Å²) in [6, 6.07) is 0. The van der Waals surface area contributed by atoms with E-state index in [2.05, 4.69) is 20.8 Å². The molecule has 2 heterocycles. The minimum absolute atomic E-state index is 0.669. The summed E-state index contributed by atoms with van der Waals surface area (Å²) in [7, 11) is 1.92. The molecular weight excluding hydrogens is 192 g/mol. The highest BCUT2D eigenvalue weighted by molar-refractivity contribution is 4.90. The van der Waals surface area contributed by atoms with E-state index in [9.17, 15) is 0 Å². The molecule has 84 valence electrons. The van der Waals surface area contributed by atoms with Crippen molar-refractivity contribution in [3.63, 3.8) is 0 Å². The number of nitrogens with zero attached hydrogens (tertiary/aromatic N) is 2. The third-order valence-electron chi connectivity index (χ3n) is 2.73. The van der Waals surface area contributed by atoms with Gasteiger partial charge in [-0.25, -0.2) is 0 Å². The van der Waals surface area contributed by atoms with E-state index >= 15 is 0 Å². The van der Waals surface area contributed by atoms with E-state index in [1.54, 1.807) is 0 Å². The third kappa shape index (κ3) is 3.00. The van der Waals surface area contributed by atoms with Gasteiger partial charge in [0.05, 0.1) is 0 Å². The Kier molecular flexibility index (Phi) is 3.69. The lowest BCUT2D eigenvalue weighted by Gasteiger charge is -2.01. The predicted molar refractivity (Wildman–Crippen MR) is 56.6 cm³/mol. The molecule has 2 rings (SSSR count). The van der Waals surface area contributed by atoms with Gasteiger partial charge in [-0.1, -0.05) is 5.16 Å². The summed E-state index contributed by atoms with van der Waals surface area (Å²) in [4.78, 5) is 4.37. The van der Waals surface area contributed by atoms with Crippen LogP contribution in [0.1, 0.15) is 18.1 Å². The van der Waals surface area contributed by atoms with Crippen molar-refractivity contribution in [2.45, 2.75) is 19.3 Å². The molecule has 0 saturated carbocycles. The first-order valence-electron chi connectivity index (χ1n) is 5.55. The fraction of sp³-hybridized carbons (Fsp3) is 0.800. The molecule has 1 saturated heterocycles. The Morgan fingerprint density at radius 2 is 2.53 bits per heavy atom. The highest BCUT2D eigenvalue weighted by atomic mass is 16.5. The highest BCUT2D eigenvalue weighted by Crippen LogP contribution is 2.13. The van der Waals surface area contributed by atoms with Gasteiger partial charge in [-0.15, -0.1) is 0 Å². The minimum Gasteiger partial charge on any atom is -0.339 e. The van der Waals surface area contributed by atoms with Crippen molar-refractivity contribution in [2.24, 2.45) is 5.92 Å². The van der Waals surface area contributed by atoms with Crippen LogP contribution in [0, 0.1) is 5.92 Å². The number of hydrogen-bond donors (Lipinski definition) is 2. The Labute approximate surface area is 89.6 Å². The lowest BCUT2D eigenvalue weighted by molar-refractivity contribution is 0.353. The van der Waals surface area contributed by atoms with E-state index in [0.29, 0.717) is 5.92 Å².